The lowest BCUT2D eigenvalue weighted by molar-refractivity contribution is 0.0499. The Bertz CT molecular complexity index is 358. The summed E-state index contributed by atoms with van der Waals surface area (Å²) < 4.78 is 10.7. The quantitative estimate of drug-likeness (QED) is 0.560. The van der Waals surface area contributed by atoms with E-state index < -0.39 is 0 Å². The predicted molar refractivity (Wildman–Crippen MR) is 67.4 cm³/mol. The molecule has 0 fully saturated rings. The molecule has 17 heavy (non-hydrogen) atoms. The zero-order valence-corrected chi connectivity index (χ0v) is 10.7. The Morgan fingerprint density at radius 3 is 2.76 bits per heavy atom. The second kappa shape index (κ2) is 6.94. The summed E-state index contributed by atoms with van der Waals surface area (Å²) in [6, 6.07) is 7.09. The van der Waals surface area contributed by atoms with E-state index in [1.54, 1.807) is 18.2 Å². The Hall–Kier alpha value is -1.51. The predicted octanol–water partition coefficient (Wildman–Crippen LogP) is 3.43. The summed E-state index contributed by atoms with van der Waals surface area (Å²) >= 11 is 0. The number of rotatable bonds is 6. The van der Waals surface area contributed by atoms with E-state index in [9.17, 15) is 4.79 Å². The minimum absolute atomic E-state index is 0.0985. The lowest BCUT2D eigenvalue weighted by Crippen LogP contribution is -2.08. The molecule has 1 aromatic carbocycles. The van der Waals surface area contributed by atoms with Crippen LogP contribution in [0, 0.1) is 0 Å². The third-order valence-electron chi connectivity index (χ3n) is 2.17. The molecule has 1 rings (SSSR count). The van der Waals surface area contributed by atoms with Crippen molar-refractivity contribution in [1.82, 2.24) is 0 Å². The highest BCUT2D eigenvalue weighted by Crippen LogP contribution is 2.15. The zero-order chi connectivity index (χ0) is 12.7. The largest absolute Gasteiger partial charge is 0.491 e. The number of unbranched alkanes of at least 4 members (excludes halogenated alkanes) is 1. The van der Waals surface area contributed by atoms with Crippen LogP contribution >= 0.6 is 0 Å². The van der Waals surface area contributed by atoms with Crippen molar-refractivity contribution in [3.63, 3.8) is 0 Å². The van der Waals surface area contributed by atoms with Crippen molar-refractivity contribution in [2.75, 3.05) is 6.61 Å². The van der Waals surface area contributed by atoms with E-state index in [1.807, 2.05) is 19.9 Å². The molecule has 0 radical (unpaired) electrons. The summed E-state index contributed by atoms with van der Waals surface area (Å²) in [4.78, 5) is 11.7. The number of hydrogen-bond donors (Lipinski definition) is 0. The van der Waals surface area contributed by atoms with Gasteiger partial charge in [-0.1, -0.05) is 19.4 Å². The van der Waals surface area contributed by atoms with Crippen LogP contribution in [-0.4, -0.2) is 18.7 Å². The SMILES string of the molecule is CCCCOC(=O)c1cccc(OC(C)C)c1. The Balaban J connectivity index is 2.60. The molecule has 0 unspecified atom stereocenters. The average molecular weight is 236 g/mol. The molecule has 0 saturated carbocycles. The highest BCUT2D eigenvalue weighted by molar-refractivity contribution is 5.89. The molecule has 0 bridgehead atoms. The van der Waals surface area contributed by atoms with E-state index in [-0.39, 0.29) is 12.1 Å². The van der Waals surface area contributed by atoms with Crippen molar-refractivity contribution in [1.29, 1.82) is 0 Å². The van der Waals surface area contributed by atoms with Gasteiger partial charge in [-0.05, 0) is 38.5 Å². The van der Waals surface area contributed by atoms with Crippen molar-refractivity contribution < 1.29 is 14.3 Å². The van der Waals surface area contributed by atoms with Crippen LogP contribution in [0.3, 0.4) is 0 Å². The van der Waals surface area contributed by atoms with Crippen LogP contribution in [0.5, 0.6) is 5.75 Å². The maximum Gasteiger partial charge on any atom is 0.338 e. The molecule has 0 spiro atoms. The molecule has 0 amide bonds. The van der Waals surface area contributed by atoms with E-state index in [0.717, 1.165) is 12.8 Å². The molecule has 0 saturated heterocycles. The molecule has 0 heterocycles. The maximum absolute atomic E-state index is 11.7. The normalized spacial score (nSPS) is 10.4. The Kier molecular flexibility index (Phi) is 5.53. The number of hydrogen-bond acceptors (Lipinski definition) is 3. The fourth-order valence-electron chi connectivity index (χ4n) is 1.36. The smallest absolute Gasteiger partial charge is 0.338 e. The lowest BCUT2D eigenvalue weighted by Gasteiger charge is -2.10. The van der Waals surface area contributed by atoms with Crippen molar-refractivity contribution in [2.45, 2.75) is 39.7 Å². The van der Waals surface area contributed by atoms with Crippen molar-refractivity contribution >= 4 is 5.97 Å². The summed E-state index contributed by atoms with van der Waals surface area (Å²) in [7, 11) is 0. The summed E-state index contributed by atoms with van der Waals surface area (Å²) in [6.07, 6.45) is 2.01. The van der Waals surface area contributed by atoms with Gasteiger partial charge in [-0.15, -0.1) is 0 Å². The molecule has 0 aliphatic carbocycles. The van der Waals surface area contributed by atoms with E-state index >= 15 is 0 Å². The molecule has 0 aliphatic heterocycles. The fourth-order valence-corrected chi connectivity index (χ4v) is 1.36. The molecule has 1 aromatic rings. The highest BCUT2D eigenvalue weighted by atomic mass is 16.5. The van der Waals surface area contributed by atoms with Crippen molar-refractivity contribution in [3.05, 3.63) is 29.8 Å². The minimum Gasteiger partial charge on any atom is -0.491 e. The molecule has 0 aliphatic rings. The average Bonchev–Trinajstić information content (AvgIpc) is 2.28. The van der Waals surface area contributed by atoms with Gasteiger partial charge in [0.15, 0.2) is 0 Å². The van der Waals surface area contributed by atoms with Gasteiger partial charge in [0, 0.05) is 0 Å². The minimum atomic E-state index is -0.285. The zero-order valence-electron chi connectivity index (χ0n) is 10.7. The third-order valence-corrected chi connectivity index (χ3v) is 2.17. The van der Waals surface area contributed by atoms with Crippen LogP contribution < -0.4 is 4.74 Å². The number of esters is 1. The number of carbonyl (C=O) groups is 1. The van der Waals surface area contributed by atoms with Gasteiger partial charge in [0.2, 0.25) is 0 Å². The Labute approximate surface area is 103 Å². The van der Waals surface area contributed by atoms with Gasteiger partial charge < -0.3 is 9.47 Å². The summed E-state index contributed by atoms with van der Waals surface area (Å²) in [5.41, 5.74) is 0.541. The summed E-state index contributed by atoms with van der Waals surface area (Å²) in [5.74, 6) is 0.414. The van der Waals surface area contributed by atoms with Crippen molar-refractivity contribution in [2.24, 2.45) is 0 Å². The second-order valence-corrected chi connectivity index (χ2v) is 4.18. The molecular weight excluding hydrogens is 216 g/mol. The Morgan fingerprint density at radius 1 is 1.35 bits per heavy atom. The van der Waals surface area contributed by atoms with Crippen molar-refractivity contribution in [3.8, 4) is 5.75 Å². The summed E-state index contributed by atoms with van der Waals surface area (Å²) in [5, 5.41) is 0. The van der Waals surface area contributed by atoms with Crippen LogP contribution in [0.25, 0.3) is 0 Å². The maximum atomic E-state index is 11.7. The van der Waals surface area contributed by atoms with Gasteiger partial charge in [-0.2, -0.15) is 0 Å². The van der Waals surface area contributed by atoms with E-state index in [0.29, 0.717) is 17.9 Å². The second-order valence-electron chi connectivity index (χ2n) is 4.18. The molecule has 3 nitrogen and oxygen atoms in total. The first-order valence-corrected chi connectivity index (χ1v) is 6.07. The standard InChI is InChI=1S/C14H20O3/c1-4-5-9-16-14(15)12-7-6-8-13(10-12)17-11(2)3/h6-8,10-11H,4-5,9H2,1-3H3. The number of benzene rings is 1. The molecular formula is C14H20O3. The van der Waals surface area contributed by atoms with Gasteiger partial charge in [-0.3, -0.25) is 0 Å². The topological polar surface area (TPSA) is 35.5 Å². The van der Waals surface area contributed by atoms with Gasteiger partial charge in [0.25, 0.3) is 0 Å². The number of carbonyl (C=O) groups excluding carboxylic acids is 1. The van der Waals surface area contributed by atoms with Crippen LogP contribution in [0.1, 0.15) is 44.0 Å². The van der Waals surface area contributed by atoms with Gasteiger partial charge in [-0.25, -0.2) is 4.79 Å². The molecule has 0 aromatic heterocycles. The molecule has 0 atom stereocenters. The van der Waals surface area contributed by atoms with Gasteiger partial charge in [0.1, 0.15) is 5.75 Å². The van der Waals surface area contributed by atoms with Crippen LogP contribution in [0.15, 0.2) is 24.3 Å². The monoisotopic (exact) mass is 236 g/mol. The third kappa shape index (κ3) is 4.89. The summed E-state index contributed by atoms with van der Waals surface area (Å²) in [6.45, 7) is 6.44. The van der Waals surface area contributed by atoms with Crippen LogP contribution in [-0.2, 0) is 4.74 Å². The molecule has 94 valence electrons. The van der Waals surface area contributed by atoms with E-state index in [1.165, 1.54) is 0 Å². The lowest BCUT2D eigenvalue weighted by atomic mass is 10.2. The van der Waals surface area contributed by atoms with Gasteiger partial charge in [0.05, 0.1) is 18.3 Å². The van der Waals surface area contributed by atoms with Crippen LogP contribution in [0.2, 0.25) is 0 Å². The van der Waals surface area contributed by atoms with Gasteiger partial charge >= 0.3 is 5.97 Å². The highest BCUT2D eigenvalue weighted by Gasteiger charge is 2.08. The first kappa shape index (κ1) is 13.6. The first-order valence-electron chi connectivity index (χ1n) is 6.07. The molecule has 0 N–H and O–H groups in total. The van der Waals surface area contributed by atoms with Crippen LogP contribution in [0.4, 0.5) is 0 Å². The fraction of sp³-hybridized carbons (Fsp3) is 0.500. The number of ether oxygens (including phenoxy) is 2. The molecule has 3 heteroatoms. The van der Waals surface area contributed by atoms with E-state index in [4.69, 9.17) is 9.47 Å². The van der Waals surface area contributed by atoms with E-state index in [2.05, 4.69) is 6.92 Å². The first-order chi connectivity index (χ1) is 8.13. The Morgan fingerprint density at radius 2 is 2.12 bits per heavy atom.